The Morgan fingerprint density at radius 2 is 2.33 bits per heavy atom. The molecule has 1 aromatic rings. The summed E-state index contributed by atoms with van der Waals surface area (Å²) in [5.41, 5.74) is 0.738. The summed E-state index contributed by atoms with van der Waals surface area (Å²) in [5.74, 6) is 0. The third-order valence-electron chi connectivity index (χ3n) is 1.60. The van der Waals surface area contributed by atoms with Gasteiger partial charge in [-0.3, -0.25) is 0 Å². The number of hydrogen-bond donors (Lipinski definition) is 0. The van der Waals surface area contributed by atoms with Crippen LogP contribution in [0.4, 0.5) is 0 Å². The number of hydrogen-bond acceptors (Lipinski definition) is 2. The van der Waals surface area contributed by atoms with E-state index in [4.69, 9.17) is 4.42 Å². The van der Waals surface area contributed by atoms with Crippen LogP contribution in [-0.4, -0.2) is 6.29 Å². The van der Waals surface area contributed by atoms with E-state index in [1.807, 2.05) is 19.9 Å². The van der Waals surface area contributed by atoms with Crippen molar-refractivity contribution >= 4 is 22.2 Å². The smallest absolute Gasteiger partial charge is 0.169 e. The van der Waals surface area contributed by atoms with Crippen LogP contribution in [-0.2, 0) is 11.2 Å². The molecule has 0 saturated heterocycles. The highest BCUT2D eigenvalue weighted by Crippen LogP contribution is 2.22. The van der Waals surface area contributed by atoms with Crippen LogP contribution in [0.3, 0.4) is 0 Å². The Kier molecular flexibility index (Phi) is 2.73. The molecule has 0 spiro atoms. The van der Waals surface area contributed by atoms with Gasteiger partial charge in [-0.2, -0.15) is 0 Å². The van der Waals surface area contributed by atoms with Gasteiger partial charge in [0.2, 0.25) is 0 Å². The first-order valence-electron chi connectivity index (χ1n) is 3.73. The zero-order valence-corrected chi connectivity index (χ0v) is 8.72. The molecule has 0 aromatic carbocycles. The van der Waals surface area contributed by atoms with E-state index in [1.54, 1.807) is 6.26 Å². The van der Waals surface area contributed by atoms with Crippen LogP contribution in [0.5, 0.6) is 0 Å². The molecule has 1 heterocycles. The fourth-order valence-corrected chi connectivity index (χ4v) is 1.39. The number of aldehydes is 1. The molecule has 0 atom stereocenters. The van der Waals surface area contributed by atoms with E-state index in [1.165, 1.54) is 0 Å². The highest BCUT2D eigenvalue weighted by atomic mass is 79.9. The third-order valence-corrected chi connectivity index (χ3v) is 2.02. The van der Waals surface area contributed by atoms with Crippen LogP contribution in [0, 0.1) is 5.41 Å². The van der Waals surface area contributed by atoms with Crippen molar-refractivity contribution in [3.05, 3.63) is 22.6 Å². The van der Waals surface area contributed by atoms with E-state index < -0.39 is 0 Å². The molecule has 0 saturated carbocycles. The molecule has 0 fully saturated rings. The van der Waals surface area contributed by atoms with Crippen LogP contribution < -0.4 is 0 Å². The maximum atomic E-state index is 10.6. The van der Waals surface area contributed by atoms with E-state index in [2.05, 4.69) is 15.9 Å². The normalized spacial score (nSPS) is 11.6. The van der Waals surface area contributed by atoms with Gasteiger partial charge in [-0.05, 0) is 34.0 Å². The lowest BCUT2D eigenvalue weighted by molar-refractivity contribution is -0.114. The van der Waals surface area contributed by atoms with E-state index in [-0.39, 0.29) is 5.41 Å². The lowest BCUT2D eigenvalue weighted by Gasteiger charge is -2.14. The molecule has 0 N–H and O–H groups in total. The Labute approximate surface area is 80.1 Å². The molecule has 3 heteroatoms. The summed E-state index contributed by atoms with van der Waals surface area (Å²) in [5, 5.41) is 0. The standard InChI is InChI=1S/C9H11BrO2/c1-9(2,6-11)4-7-3-8(10)12-5-7/h3,5-6H,4H2,1-2H3. The number of carbonyl (C=O) groups is 1. The molecular formula is C9H11BrO2. The van der Waals surface area contributed by atoms with Gasteiger partial charge in [-0.1, -0.05) is 13.8 Å². The minimum absolute atomic E-state index is 0.302. The second-order valence-electron chi connectivity index (χ2n) is 3.54. The minimum Gasteiger partial charge on any atom is -0.457 e. The molecular weight excluding hydrogens is 220 g/mol. The Morgan fingerprint density at radius 1 is 1.67 bits per heavy atom. The minimum atomic E-state index is -0.302. The van der Waals surface area contributed by atoms with Gasteiger partial charge in [0.15, 0.2) is 4.67 Å². The molecule has 0 unspecified atom stereocenters. The first-order chi connectivity index (χ1) is 5.53. The van der Waals surface area contributed by atoms with Crippen LogP contribution in [0.15, 0.2) is 21.4 Å². The Hall–Kier alpha value is -0.570. The number of furan rings is 1. The molecule has 0 aliphatic carbocycles. The van der Waals surface area contributed by atoms with Gasteiger partial charge in [0.1, 0.15) is 6.29 Å². The maximum absolute atomic E-state index is 10.6. The molecule has 0 amide bonds. The van der Waals surface area contributed by atoms with Crippen molar-refractivity contribution in [1.29, 1.82) is 0 Å². The average Bonchev–Trinajstić information content (AvgIpc) is 2.35. The predicted molar refractivity (Wildman–Crippen MR) is 50.0 cm³/mol. The number of halogens is 1. The van der Waals surface area contributed by atoms with Crippen molar-refractivity contribution in [1.82, 2.24) is 0 Å². The molecule has 0 aliphatic heterocycles. The van der Waals surface area contributed by atoms with Gasteiger partial charge in [0.25, 0.3) is 0 Å². The maximum Gasteiger partial charge on any atom is 0.169 e. The van der Waals surface area contributed by atoms with Crippen molar-refractivity contribution in [2.45, 2.75) is 20.3 Å². The largest absolute Gasteiger partial charge is 0.457 e. The third kappa shape index (κ3) is 2.48. The van der Waals surface area contributed by atoms with Crippen LogP contribution in [0.1, 0.15) is 19.4 Å². The topological polar surface area (TPSA) is 30.2 Å². The summed E-state index contributed by atoms with van der Waals surface area (Å²) in [6.45, 7) is 3.81. The van der Waals surface area contributed by atoms with Gasteiger partial charge in [0, 0.05) is 5.41 Å². The Bertz CT molecular complexity index is 276. The molecule has 0 bridgehead atoms. The van der Waals surface area contributed by atoms with Gasteiger partial charge < -0.3 is 9.21 Å². The first-order valence-corrected chi connectivity index (χ1v) is 4.52. The lowest BCUT2D eigenvalue weighted by Crippen LogP contribution is -2.15. The van der Waals surface area contributed by atoms with Crippen molar-refractivity contribution in [3.8, 4) is 0 Å². The highest BCUT2D eigenvalue weighted by Gasteiger charge is 2.18. The summed E-state index contributed by atoms with van der Waals surface area (Å²) < 4.78 is 5.76. The summed E-state index contributed by atoms with van der Waals surface area (Å²) >= 11 is 3.21. The molecule has 12 heavy (non-hydrogen) atoms. The fourth-order valence-electron chi connectivity index (χ4n) is 1.01. The zero-order valence-electron chi connectivity index (χ0n) is 7.13. The second kappa shape index (κ2) is 3.44. The number of rotatable bonds is 3. The Balaban J connectivity index is 2.69. The fraction of sp³-hybridized carbons (Fsp3) is 0.444. The van der Waals surface area contributed by atoms with Gasteiger partial charge >= 0.3 is 0 Å². The van der Waals surface area contributed by atoms with Gasteiger partial charge in [0.05, 0.1) is 6.26 Å². The Morgan fingerprint density at radius 3 is 2.75 bits per heavy atom. The SMILES string of the molecule is CC(C)(C=O)Cc1coc(Br)c1. The second-order valence-corrected chi connectivity index (χ2v) is 4.32. The van der Waals surface area contributed by atoms with Crippen molar-refractivity contribution in [2.24, 2.45) is 5.41 Å². The first kappa shape index (κ1) is 9.52. The molecule has 66 valence electrons. The van der Waals surface area contributed by atoms with Gasteiger partial charge in [-0.15, -0.1) is 0 Å². The molecule has 0 aliphatic rings. The summed E-state index contributed by atoms with van der Waals surface area (Å²) in [7, 11) is 0. The quantitative estimate of drug-likeness (QED) is 0.748. The van der Waals surface area contributed by atoms with Gasteiger partial charge in [-0.25, -0.2) is 0 Å². The summed E-state index contributed by atoms with van der Waals surface area (Å²) in [4.78, 5) is 10.6. The average molecular weight is 231 g/mol. The monoisotopic (exact) mass is 230 g/mol. The zero-order chi connectivity index (χ0) is 9.19. The van der Waals surface area contributed by atoms with E-state index >= 15 is 0 Å². The summed E-state index contributed by atoms with van der Waals surface area (Å²) in [6.07, 6.45) is 3.34. The van der Waals surface area contributed by atoms with E-state index in [0.29, 0.717) is 11.1 Å². The van der Waals surface area contributed by atoms with E-state index in [9.17, 15) is 4.79 Å². The van der Waals surface area contributed by atoms with Crippen LogP contribution >= 0.6 is 15.9 Å². The van der Waals surface area contributed by atoms with Crippen LogP contribution in [0.25, 0.3) is 0 Å². The van der Waals surface area contributed by atoms with Crippen LogP contribution in [0.2, 0.25) is 0 Å². The highest BCUT2D eigenvalue weighted by molar-refractivity contribution is 9.10. The molecule has 1 rings (SSSR count). The summed E-state index contributed by atoms with van der Waals surface area (Å²) in [6, 6.07) is 1.88. The predicted octanol–water partition coefficient (Wildman–Crippen LogP) is 2.81. The number of carbonyl (C=O) groups excluding carboxylic acids is 1. The lowest BCUT2D eigenvalue weighted by atomic mass is 9.89. The van der Waals surface area contributed by atoms with Crippen molar-refractivity contribution < 1.29 is 9.21 Å². The van der Waals surface area contributed by atoms with E-state index in [0.717, 1.165) is 11.8 Å². The molecule has 1 aromatic heterocycles. The molecule has 2 nitrogen and oxygen atoms in total. The van der Waals surface area contributed by atoms with Crippen molar-refractivity contribution in [2.75, 3.05) is 0 Å². The van der Waals surface area contributed by atoms with Crippen molar-refractivity contribution in [3.63, 3.8) is 0 Å². The molecule has 0 radical (unpaired) electrons.